The van der Waals surface area contributed by atoms with E-state index in [9.17, 15) is 14.3 Å². The van der Waals surface area contributed by atoms with Gasteiger partial charge in [-0.3, -0.25) is 14.5 Å². The molecule has 9 heteroatoms. The van der Waals surface area contributed by atoms with Crippen LogP contribution in [0.5, 0.6) is 5.75 Å². The van der Waals surface area contributed by atoms with Crippen molar-refractivity contribution in [1.82, 2.24) is 20.1 Å². The van der Waals surface area contributed by atoms with Crippen molar-refractivity contribution in [2.45, 2.75) is 30.6 Å². The van der Waals surface area contributed by atoms with Gasteiger partial charge < -0.3 is 10.4 Å². The van der Waals surface area contributed by atoms with E-state index in [2.05, 4.69) is 10.3 Å². The summed E-state index contributed by atoms with van der Waals surface area (Å²) < 4.78 is 14.7. The summed E-state index contributed by atoms with van der Waals surface area (Å²) in [6, 6.07) is 16.7. The van der Waals surface area contributed by atoms with Crippen LogP contribution in [0.1, 0.15) is 29.4 Å². The molecule has 5 rings (SSSR count). The molecular formula is C29H27Cl2FN4O2. The topological polar surface area (TPSA) is 80.0 Å². The quantitative estimate of drug-likeness (QED) is 0.240. The smallest absolute Gasteiger partial charge is 0.255 e. The number of rotatable bonds is 9. The number of para-hydroxylation sites is 1. The molecule has 0 saturated heterocycles. The molecular weight excluding hydrogens is 526 g/mol. The lowest BCUT2D eigenvalue weighted by atomic mass is 9.99. The molecule has 1 aliphatic rings. The van der Waals surface area contributed by atoms with Gasteiger partial charge in [0.1, 0.15) is 21.6 Å². The van der Waals surface area contributed by atoms with Crippen LogP contribution in [0.25, 0.3) is 22.4 Å². The Bertz CT molecular complexity index is 1460. The number of phenolic OH excluding ortho intramolecular Hbond substituents is 1. The first-order valence-electron chi connectivity index (χ1n) is 12.4. The van der Waals surface area contributed by atoms with Gasteiger partial charge in [0, 0.05) is 48.2 Å². The van der Waals surface area contributed by atoms with E-state index < -0.39 is 4.33 Å². The summed E-state index contributed by atoms with van der Waals surface area (Å²) >= 11 is 12.5. The number of nitrogens with zero attached hydrogens (tertiary/aromatic N) is 3. The second kappa shape index (κ2) is 10.8. The third-order valence-corrected chi connectivity index (χ3v) is 7.61. The van der Waals surface area contributed by atoms with Crippen molar-refractivity contribution in [2.24, 2.45) is 11.8 Å². The van der Waals surface area contributed by atoms with Crippen LogP contribution in [-0.2, 0) is 13.0 Å². The van der Waals surface area contributed by atoms with Gasteiger partial charge in [-0.25, -0.2) is 4.39 Å². The number of alkyl halides is 2. The van der Waals surface area contributed by atoms with Crippen molar-refractivity contribution in [3.8, 4) is 28.1 Å². The molecule has 1 amide bonds. The molecule has 2 atom stereocenters. The Labute approximate surface area is 230 Å². The van der Waals surface area contributed by atoms with Gasteiger partial charge in [0.2, 0.25) is 0 Å². The normalized spacial score (nSPS) is 16.7. The van der Waals surface area contributed by atoms with E-state index >= 15 is 0 Å². The number of aromatic hydroxyl groups is 1. The van der Waals surface area contributed by atoms with Crippen LogP contribution >= 0.6 is 23.2 Å². The maximum absolute atomic E-state index is 13.6. The second-order valence-corrected chi connectivity index (χ2v) is 11.4. The van der Waals surface area contributed by atoms with Gasteiger partial charge in [0.15, 0.2) is 0 Å². The SMILES string of the molecule is CC(CNC(=O)c1ccccc1O)Cc1cc(-c2cn(CC3CC3(Cl)Cl)nc2-c2ccc(F)cc2)ccn1. The zero-order chi connectivity index (χ0) is 26.9. The van der Waals surface area contributed by atoms with E-state index in [0.717, 1.165) is 34.5 Å². The van der Waals surface area contributed by atoms with Gasteiger partial charge >= 0.3 is 0 Å². The third kappa shape index (κ3) is 6.00. The second-order valence-electron chi connectivity index (χ2n) is 9.85. The number of nitrogens with one attached hydrogen (secondary N) is 1. The Balaban J connectivity index is 1.33. The van der Waals surface area contributed by atoms with E-state index in [1.54, 1.807) is 36.5 Å². The van der Waals surface area contributed by atoms with Gasteiger partial charge in [-0.05, 0) is 72.9 Å². The molecule has 38 heavy (non-hydrogen) atoms. The summed E-state index contributed by atoms with van der Waals surface area (Å²) in [4.78, 5) is 17.0. The molecule has 0 bridgehead atoms. The van der Waals surface area contributed by atoms with Crippen LogP contribution in [0.4, 0.5) is 4.39 Å². The molecule has 196 valence electrons. The van der Waals surface area contributed by atoms with E-state index in [0.29, 0.717) is 19.5 Å². The van der Waals surface area contributed by atoms with E-state index in [1.165, 1.54) is 18.2 Å². The first kappa shape index (κ1) is 26.2. The third-order valence-electron chi connectivity index (χ3n) is 6.69. The van der Waals surface area contributed by atoms with Crippen molar-refractivity contribution in [1.29, 1.82) is 0 Å². The highest BCUT2D eigenvalue weighted by Gasteiger charge is 2.51. The molecule has 2 heterocycles. The summed E-state index contributed by atoms with van der Waals surface area (Å²) in [6.45, 7) is 3.05. The lowest BCUT2D eigenvalue weighted by Crippen LogP contribution is -2.29. The first-order valence-corrected chi connectivity index (χ1v) is 13.2. The summed E-state index contributed by atoms with van der Waals surface area (Å²) in [5, 5.41) is 17.6. The Morgan fingerprint density at radius 1 is 1.18 bits per heavy atom. The summed E-state index contributed by atoms with van der Waals surface area (Å²) in [5.74, 6) is -0.448. The maximum Gasteiger partial charge on any atom is 0.255 e. The van der Waals surface area contributed by atoms with Crippen LogP contribution in [-0.4, -0.2) is 36.7 Å². The van der Waals surface area contributed by atoms with Crippen molar-refractivity contribution >= 4 is 29.1 Å². The number of phenols is 1. The summed E-state index contributed by atoms with van der Waals surface area (Å²) in [7, 11) is 0. The van der Waals surface area contributed by atoms with Crippen molar-refractivity contribution in [3.63, 3.8) is 0 Å². The molecule has 1 saturated carbocycles. The highest BCUT2D eigenvalue weighted by molar-refractivity contribution is 6.50. The lowest BCUT2D eigenvalue weighted by Gasteiger charge is -2.13. The number of carbonyl (C=O) groups is 1. The predicted molar refractivity (Wildman–Crippen MR) is 147 cm³/mol. The average molecular weight is 553 g/mol. The minimum Gasteiger partial charge on any atom is -0.507 e. The molecule has 2 aromatic heterocycles. The molecule has 6 nitrogen and oxygen atoms in total. The van der Waals surface area contributed by atoms with Crippen molar-refractivity contribution in [3.05, 3.63) is 90.1 Å². The fourth-order valence-corrected chi connectivity index (χ4v) is 4.97. The zero-order valence-corrected chi connectivity index (χ0v) is 22.3. The molecule has 2 N–H and O–H groups in total. The number of hydrogen-bond donors (Lipinski definition) is 2. The summed E-state index contributed by atoms with van der Waals surface area (Å²) in [6.07, 6.45) is 5.08. The molecule has 0 aliphatic heterocycles. The molecule has 0 radical (unpaired) electrons. The fraction of sp³-hybridized carbons (Fsp3) is 0.276. The molecule has 2 unspecified atom stereocenters. The molecule has 2 aromatic carbocycles. The van der Waals surface area contributed by atoms with Crippen LogP contribution in [0.2, 0.25) is 0 Å². The fourth-order valence-electron chi connectivity index (χ4n) is 4.45. The van der Waals surface area contributed by atoms with Crippen molar-refractivity contribution < 1.29 is 14.3 Å². The Kier molecular flexibility index (Phi) is 7.41. The van der Waals surface area contributed by atoms with E-state index in [-0.39, 0.29) is 34.9 Å². The van der Waals surface area contributed by atoms with Crippen LogP contribution in [0, 0.1) is 17.7 Å². The van der Waals surface area contributed by atoms with Crippen molar-refractivity contribution in [2.75, 3.05) is 6.54 Å². The first-order chi connectivity index (χ1) is 18.2. The number of aromatic nitrogens is 3. The number of amides is 1. The minimum atomic E-state index is -0.712. The van der Waals surface area contributed by atoms with E-state index in [1.807, 2.05) is 29.9 Å². The van der Waals surface area contributed by atoms with Crippen LogP contribution in [0.3, 0.4) is 0 Å². The van der Waals surface area contributed by atoms with Gasteiger partial charge in [-0.1, -0.05) is 19.1 Å². The highest BCUT2D eigenvalue weighted by Crippen LogP contribution is 2.54. The Morgan fingerprint density at radius 3 is 2.63 bits per heavy atom. The van der Waals surface area contributed by atoms with Gasteiger partial charge in [0.05, 0.1) is 5.56 Å². The maximum atomic E-state index is 13.6. The van der Waals surface area contributed by atoms with Crippen LogP contribution in [0.15, 0.2) is 73.1 Å². The Hall–Kier alpha value is -3.42. The summed E-state index contributed by atoms with van der Waals surface area (Å²) in [5.41, 5.74) is 4.49. The average Bonchev–Trinajstić information content (AvgIpc) is 3.28. The van der Waals surface area contributed by atoms with E-state index in [4.69, 9.17) is 28.3 Å². The standard InChI is InChI=1S/C29H27Cl2FN4O2/c1-18(15-34-28(38)24-4-2-3-5-26(24)37)12-23-13-20(10-11-33-23)25-17-36(16-21-14-29(21,30)31)35-27(25)19-6-8-22(32)9-7-19/h2-11,13,17-18,21,37H,12,14-16H2,1H3,(H,34,38). The molecule has 4 aromatic rings. The minimum absolute atomic E-state index is 0.0472. The highest BCUT2D eigenvalue weighted by atomic mass is 35.5. The number of benzene rings is 2. The monoisotopic (exact) mass is 552 g/mol. The predicted octanol–water partition coefficient (Wildman–Crippen LogP) is 6.26. The number of pyridine rings is 1. The van der Waals surface area contributed by atoms with Gasteiger partial charge in [-0.15, -0.1) is 23.2 Å². The number of halogens is 3. The molecule has 0 spiro atoms. The molecule has 1 fully saturated rings. The Morgan fingerprint density at radius 2 is 1.92 bits per heavy atom. The number of carbonyl (C=O) groups excluding carboxylic acids is 1. The van der Waals surface area contributed by atoms with Crippen LogP contribution < -0.4 is 5.32 Å². The largest absolute Gasteiger partial charge is 0.507 e. The van der Waals surface area contributed by atoms with Gasteiger partial charge in [0.25, 0.3) is 5.91 Å². The number of hydrogen-bond acceptors (Lipinski definition) is 4. The zero-order valence-electron chi connectivity index (χ0n) is 20.7. The lowest BCUT2D eigenvalue weighted by molar-refractivity contribution is 0.0945. The van der Waals surface area contributed by atoms with Gasteiger partial charge in [-0.2, -0.15) is 5.10 Å². The molecule has 1 aliphatic carbocycles.